The lowest BCUT2D eigenvalue weighted by Gasteiger charge is -2.48. The van der Waals surface area contributed by atoms with E-state index in [9.17, 15) is 33.8 Å². The van der Waals surface area contributed by atoms with Crippen molar-refractivity contribution >= 4 is 39.6 Å². The molecule has 1 fully saturated rings. The van der Waals surface area contributed by atoms with Crippen LogP contribution in [0, 0.1) is 16.0 Å². The minimum Gasteiger partial charge on any atom is -0.477 e. The number of carboxylic acids is 1. The minimum atomic E-state index is -2.06. The normalized spacial score (nSPS) is 22.9. The van der Waals surface area contributed by atoms with Gasteiger partial charge in [-0.1, -0.05) is 0 Å². The summed E-state index contributed by atoms with van der Waals surface area (Å²) in [5, 5.41) is 18.5. The van der Waals surface area contributed by atoms with Gasteiger partial charge in [0.05, 0.1) is 10.5 Å². The van der Waals surface area contributed by atoms with Crippen LogP contribution in [0.4, 0.5) is 10.5 Å². The Morgan fingerprint density at radius 3 is 2.53 bits per heavy atom. The van der Waals surface area contributed by atoms with E-state index in [2.05, 4.69) is 4.79 Å². The fourth-order valence-electron chi connectivity index (χ4n) is 3.43. The first kappa shape index (κ1) is 22.8. The van der Waals surface area contributed by atoms with Crippen molar-refractivity contribution in [1.29, 1.82) is 0 Å². The lowest BCUT2D eigenvalue weighted by Crippen LogP contribution is -2.69. The Labute approximate surface area is 182 Å². The molecule has 2 aliphatic rings. The zero-order chi connectivity index (χ0) is 23.7. The number of carbonyl (C=O) groups excluding carboxylic acids is 2. The number of β-lactam (4-membered cyclic amide) rings is 1. The fourth-order valence-corrected chi connectivity index (χ4v) is 5.14. The van der Waals surface area contributed by atoms with Gasteiger partial charge in [0.25, 0.3) is 5.69 Å². The lowest BCUT2D eigenvalue weighted by atomic mass is 9.91. The SMILES string of the molecule is CC1=C(C(=O)O)N2C(=O)[C@H](C(C)OC(=O)OCc3ccc([N+](=O)[O-])cc3)[C@@H]2[S@@](=O)C1=[N+]=[N-]. The molecule has 1 unspecified atom stereocenters. The molecule has 3 rings (SSSR count). The molecule has 4 atom stereocenters. The van der Waals surface area contributed by atoms with Crippen LogP contribution in [-0.2, 0) is 36.5 Å². The Kier molecular flexibility index (Phi) is 6.18. The Balaban J connectivity index is 1.67. The first-order valence-electron chi connectivity index (χ1n) is 9.05. The molecule has 0 saturated carbocycles. The maximum atomic E-state index is 12.7. The van der Waals surface area contributed by atoms with Gasteiger partial charge in [-0.25, -0.2) is 13.8 Å². The largest absolute Gasteiger partial charge is 0.508 e. The smallest absolute Gasteiger partial charge is 0.477 e. The Bertz CT molecular complexity index is 1120. The number of nitrogens with zero attached hydrogens (tertiary/aromatic N) is 4. The number of ether oxygens (including phenoxy) is 2. The predicted octanol–water partition coefficient (Wildman–Crippen LogP) is 1.17. The van der Waals surface area contributed by atoms with E-state index in [0.717, 1.165) is 4.90 Å². The van der Waals surface area contributed by atoms with Crippen LogP contribution in [0.25, 0.3) is 5.53 Å². The van der Waals surface area contributed by atoms with Gasteiger partial charge in [0.15, 0.2) is 10.8 Å². The van der Waals surface area contributed by atoms with Gasteiger partial charge in [-0.3, -0.25) is 19.8 Å². The molecule has 2 heterocycles. The van der Waals surface area contributed by atoms with Crippen molar-refractivity contribution in [3.8, 4) is 0 Å². The second kappa shape index (κ2) is 8.69. The number of carbonyl (C=O) groups is 3. The molecule has 2 aliphatic heterocycles. The summed E-state index contributed by atoms with van der Waals surface area (Å²) in [5.41, 5.74) is 8.89. The van der Waals surface area contributed by atoms with Crippen molar-refractivity contribution < 1.29 is 42.9 Å². The molecule has 0 spiro atoms. The topological polar surface area (TPSA) is 190 Å². The number of rotatable bonds is 6. The summed E-state index contributed by atoms with van der Waals surface area (Å²) >= 11 is 0. The summed E-state index contributed by atoms with van der Waals surface area (Å²) in [6, 6.07) is 5.27. The molecule has 168 valence electrons. The molecule has 1 saturated heterocycles. The first-order chi connectivity index (χ1) is 15.1. The molecular formula is C18H16N4O9S. The maximum Gasteiger partial charge on any atom is 0.508 e. The standard InChI is InChI=1S/C18H16N4O9S/c1-8-13(17(24)25)21-15(23)12(16(21)32(29)14(8)20-19)9(2)31-18(26)30-7-10-3-5-11(6-4-10)22(27)28/h3-6,9,12,16H,7H2,1-2H3,(H,24,25)/t9?,12-,16-,32-/m0/s1. The molecule has 13 nitrogen and oxygen atoms in total. The zero-order valence-electron chi connectivity index (χ0n) is 16.7. The van der Waals surface area contributed by atoms with Crippen LogP contribution < -0.4 is 0 Å². The molecule has 0 bridgehead atoms. The number of nitro benzene ring substituents is 1. The van der Waals surface area contributed by atoms with Gasteiger partial charge >= 0.3 is 17.2 Å². The van der Waals surface area contributed by atoms with E-state index >= 15 is 0 Å². The van der Waals surface area contributed by atoms with Crippen LogP contribution in [-0.4, -0.2) is 58.5 Å². The van der Waals surface area contributed by atoms with Crippen LogP contribution in [0.2, 0.25) is 0 Å². The number of hydrogen-bond donors (Lipinski definition) is 1. The number of hydrogen-bond acceptors (Lipinski definition) is 8. The molecule has 1 amide bonds. The average molecular weight is 464 g/mol. The molecule has 1 N–H and O–H groups in total. The van der Waals surface area contributed by atoms with E-state index in [0.29, 0.717) is 5.56 Å². The first-order valence-corrected chi connectivity index (χ1v) is 10.3. The maximum absolute atomic E-state index is 12.7. The summed E-state index contributed by atoms with van der Waals surface area (Å²) in [5.74, 6) is -3.33. The van der Waals surface area contributed by atoms with Crippen LogP contribution in [0.1, 0.15) is 19.4 Å². The number of amides is 1. The van der Waals surface area contributed by atoms with E-state index in [1.807, 2.05) is 0 Å². The number of fused-ring (bicyclic) bond motifs is 1. The molecular weight excluding hydrogens is 448 g/mol. The van der Waals surface area contributed by atoms with Crippen LogP contribution >= 0.6 is 0 Å². The van der Waals surface area contributed by atoms with E-state index in [1.54, 1.807) is 0 Å². The highest BCUT2D eigenvalue weighted by atomic mass is 32.2. The highest BCUT2D eigenvalue weighted by Gasteiger charge is 2.62. The zero-order valence-corrected chi connectivity index (χ0v) is 17.5. The van der Waals surface area contributed by atoms with Crippen LogP contribution in [0.15, 0.2) is 35.5 Å². The van der Waals surface area contributed by atoms with Crippen molar-refractivity contribution in [2.24, 2.45) is 5.92 Å². The molecule has 1 aromatic rings. The highest BCUT2D eigenvalue weighted by molar-refractivity contribution is 8.01. The van der Waals surface area contributed by atoms with E-state index in [1.165, 1.54) is 38.1 Å². The van der Waals surface area contributed by atoms with E-state index < -0.39 is 56.8 Å². The van der Waals surface area contributed by atoms with Crippen molar-refractivity contribution in [1.82, 2.24) is 4.90 Å². The monoisotopic (exact) mass is 464 g/mol. The van der Waals surface area contributed by atoms with Crippen LogP contribution in [0.5, 0.6) is 0 Å². The number of aliphatic carboxylic acids is 1. The second-order valence-corrected chi connectivity index (χ2v) is 8.36. The van der Waals surface area contributed by atoms with Gasteiger partial charge in [0.2, 0.25) is 5.91 Å². The summed E-state index contributed by atoms with van der Waals surface area (Å²) in [6.45, 7) is 2.37. The van der Waals surface area contributed by atoms with Crippen LogP contribution in [0.3, 0.4) is 0 Å². The second-order valence-electron chi connectivity index (χ2n) is 6.89. The molecule has 0 radical (unpaired) electrons. The molecule has 1 aromatic carbocycles. The van der Waals surface area contributed by atoms with Gasteiger partial charge in [0, 0.05) is 12.1 Å². The summed E-state index contributed by atoms with van der Waals surface area (Å²) < 4.78 is 22.7. The number of benzene rings is 1. The van der Waals surface area contributed by atoms with Crippen molar-refractivity contribution in [2.45, 2.75) is 31.9 Å². The Morgan fingerprint density at radius 1 is 1.38 bits per heavy atom. The quantitative estimate of drug-likeness (QED) is 0.161. The summed E-state index contributed by atoms with van der Waals surface area (Å²) in [6.07, 6.45) is -2.28. The number of carboxylic acid groups (broad SMARTS) is 1. The van der Waals surface area contributed by atoms with Gasteiger partial charge < -0.3 is 20.1 Å². The number of nitro groups is 1. The summed E-state index contributed by atoms with van der Waals surface area (Å²) in [4.78, 5) is 50.0. The van der Waals surface area contributed by atoms with Gasteiger partial charge in [0.1, 0.15) is 29.7 Å². The van der Waals surface area contributed by atoms with E-state index in [4.69, 9.17) is 15.0 Å². The number of non-ortho nitro benzene ring substituents is 1. The summed E-state index contributed by atoms with van der Waals surface area (Å²) in [7, 11) is -2.06. The predicted molar refractivity (Wildman–Crippen MR) is 105 cm³/mol. The van der Waals surface area contributed by atoms with Gasteiger partial charge in [-0.05, 0) is 31.5 Å². The average Bonchev–Trinajstić information content (AvgIpc) is 2.73. The molecule has 0 aliphatic carbocycles. The highest BCUT2D eigenvalue weighted by Crippen LogP contribution is 2.41. The van der Waals surface area contributed by atoms with Gasteiger partial charge in [-0.2, -0.15) is 4.79 Å². The van der Waals surface area contributed by atoms with Crippen molar-refractivity contribution in [3.05, 3.63) is 56.7 Å². The molecule has 0 aromatic heterocycles. The Hall–Kier alpha value is -3.90. The molecule has 14 heteroatoms. The third kappa shape index (κ3) is 3.88. The Morgan fingerprint density at radius 2 is 2.00 bits per heavy atom. The molecule has 32 heavy (non-hydrogen) atoms. The van der Waals surface area contributed by atoms with Gasteiger partial charge in [-0.15, -0.1) is 0 Å². The van der Waals surface area contributed by atoms with Crippen molar-refractivity contribution in [2.75, 3.05) is 0 Å². The van der Waals surface area contributed by atoms with Crippen molar-refractivity contribution in [3.63, 3.8) is 0 Å². The third-order valence-electron chi connectivity index (χ3n) is 5.00. The fraction of sp³-hybridized carbons (Fsp3) is 0.333. The van der Waals surface area contributed by atoms with E-state index in [-0.39, 0.29) is 22.9 Å². The third-order valence-corrected chi connectivity index (χ3v) is 6.71. The minimum absolute atomic E-state index is 0.113. The lowest BCUT2D eigenvalue weighted by molar-refractivity contribution is -0.384.